The van der Waals surface area contributed by atoms with Crippen molar-refractivity contribution in [1.82, 2.24) is 0 Å². The number of halogens is 2. The maximum Gasteiger partial charge on any atom is 0.151 e. The van der Waals surface area contributed by atoms with Gasteiger partial charge in [0, 0.05) is 21.2 Å². The Kier molecular flexibility index (Phi) is 4.77. The van der Waals surface area contributed by atoms with Crippen LogP contribution in [0.2, 0.25) is 10.0 Å². The van der Waals surface area contributed by atoms with Crippen LogP contribution in [0.1, 0.15) is 37.1 Å². The van der Waals surface area contributed by atoms with E-state index in [0.29, 0.717) is 10.0 Å². The summed E-state index contributed by atoms with van der Waals surface area (Å²) in [5.41, 5.74) is 2.03. The van der Waals surface area contributed by atoms with Gasteiger partial charge in [0.25, 0.3) is 0 Å². The van der Waals surface area contributed by atoms with E-state index < -0.39 is 0 Å². The summed E-state index contributed by atoms with van der Waals surface area (Å²) in [6.45, 7) is 3.98. The maximum absolute atomic E-state index is 12.8. The third-order valence-electron chi connectivity index (χ3n) is 4.92. The minimum atomic E-state index is -0.0800. The van der Waals surface area contributed by atoms with Gasteiger partial charge in [-0.1, -0.05) is 59.6 Å². The van der Waals surface area contributed by atoms with Crippen molar-refractivity contribution in [3.05, 3.63) is 69.7 Å². The van der Waals surface area contributed by atoms with Gasteiger partial charge >= 0.3 is 0 Å². The third kappa shape index (κ3) is 3.03. The number of quaternary nitrogens is 1. The predicted molar refractivity (Wildman–Crippen MR) is 93.6 cm³/mol. The Bertz CT molecular complexity index is 671. The summed E-state index contributed by atoms with van der Waals surface area (Å²) in [5.74, 6) is 0.106. The van der Waals surface area contributed by atoms with Crippen LogP contribution in [0, 0.1) is 11.8 Å². The molecule has 1 heterocycles. The van der Waals surface area contributed by atoms with Gasteiger partial charge in [-0.3, -0.25) is 4.79 Å². The Morgan fingerprint density at radius 2 is 1.17 bits per heavy atom. The summed E-state index contributed by atoms with van der Waals surface area (Å²) < 4.78 is 0. The minimum absolute atomic E-state index is 0.00803. The first-order valence-electron chi connectivity index (χ1n) is 7.88. The van der Waals surface area contributed by atoms with Crippen molar-refractivity contribution < 1.29 is 10.1 Å². The highest BCUT2D eigenvalue weighted by Crippen LogP contribution is 2.36. The lowest BCUT2D eigenvalue weighted by molar-refractivity contribution is -0.748. The van der Waals surface area contributed by atoms with Crippen molar-refractivity contribution in [2.24, 2.45) is 11.8 Å². The minimum Gasteiger partial charge on any atom is -0.333 e. The van der Waals surface area contributed by atoms with Crippen molar-refractivity contribution in [3.63, 3.8) is 0 Å². The van der Waals surface area contributed by atoms with Crippen LogP contribution >= 0.6 is 23.2 Å². The molecule has 0 radical (unpaired) electrons. The third-order valence-corrected chi connectivity index (χ3v) is 5.61. The topological polar surface area (TPSA) is 33.7 Å². The highest BCUT2D eigenvalue weighted by molar-refractivity contribution is 6.31. The number of nitrogens with two attached hydrogens (primary N) is 1. The SMILES string of the molecule is C[C@@H]1C(=O)[C@@H](C)[C@H](c2ccccc2Cl)[NH2+][C@@H]1c1ccccc1Cl. The smallest absolute Gasteiger partial charge is 0.151 e. The van der Waals surface area contributed by atoms with E-state index in [-0.39, 0.29) is 29.7 Å². The summed E-state index contributed by atoms with van der Waals surface area (Å²) in [6, 6.07) is 15.5. The van der Waals surface area contributed by atoms with Gasteiger partial charge in [0.2, 0.25) is 0 Å². The van der Waals surface area contributed by atoms with Gasteiger partial charge in [-0.15, -0.1) is 0 Å². The first kappa shape index (κ1) is 16.5. The number of rotatable bonds is 2. The van der Waals surface area contributed by atoms with Gasteiger partial charge in [-0.2, -0.15) is 0 Å². The van der Waals surface area contributed by atoms with Crippen LogP contribution in [0.5, 0.6) is 0 Å². The molecule has 2 nitrogen and oxygen atoms in total. The first-order valence-corrected chi connectivity index (χ1v) is 8.64. The molecule has 0 amide bonds. The van der Waals surface area contributed by atoms with Gasteiger partial charge in [-0.05, 0) is 26.0 Å². The molecule has 23 heavy (non-hydrogen) atoms. The number of Topliss-reactive ketones (excluding diaryl/α,β-unsaturated/α-hetero) is 1. The highest BCUT2D eigenvalue weighted by Gasteiger charge is 2.44. The molecule has 0 bridgehead atoms. The standard InChI is InChI=1S/C19H19Cl2NO/c1-11-17(13-7-3-5-9-15(13)20)22-18(12(2)19(11)23)14-8-4-6-10-16(14)21/h3-12,17-18,22H,1-2H3/p+1/t11-,12-,17-,18+/m0/s1. The number of benzene rings is 2. The molecule has 0 unspecified atom stereocenters. The largest absolute Gasteiger partial charge is 0.333 e. The second kappa shape index (κ2) is 6.64. The van der Waals surface area contributed by atoms with Crippen LogP contribution in [-0.2, 0) is 4.79 Å². The van der Waals surface area contributed by atoms with Crippen molar-refractivity contribution in [1.29, 1.82) is 0 Å². The van der Waals surface area contributed by atoms with Crippen LogP contribution in [0.4, 0.5) is 0 Å². The Balaban J connectivity index is 2.02. The predicted octanol–water partition coefficient (Wildman–Crippen LogP) is 4.19. The van der Waals surface area contributed by atoms with Crippen molar-refractivity contribution in [2.45, 2.75) is 25.9 Å². The molecule has 4 heteroatoms. The average Bonchev–Trinajstić information content (AvgIpc) is 2.55. The van der Waals surface area contributed by atoms with E-state index in [1.54, 1.807) is 0 Å². The van der Waals surface area contributed by atoms with Gasteiger partial charge in [-0.25, -0.2) is 0 Å². The Labute approximate surface area is 146 Å². The number of hydrogen-bond acceptors (Lipinski definition) is 1. The van der Waals surface area contributed by atoms with Crippen molar-refractivity contribution >= 4 is 29.0 Å². The van der Waals surface area contributed by atoms with Crippen molar-refractivity contribution in [2.75, 3.05) is 0 Å². The molecule has 2 aromatic rings. The van der Waals surface area contributed by atoms with E-state index in [0.717, 1.165) is 11.1 Å². The molecule has 0 aliphatic carbocycles. The van der Waals surface area contributed by atoms with E-state index in [1.165, 1.54) is 0 Å². The fourth-order valence-electron chi connectivity index (χ4n) is 3.56. The molecule has 3 rings (SSSR count). The normalized spacial score (nSPS) is 27.9. The summed E-state index contributed by atoms with van der Waals surface area (Å²) in [7, 11) is 0. The number of carbonyl (C=O) groups excluding carboxylic acids is 1. The van der Waals surface area contributed by atoms with Gasteiger partial charge in [0.15, 0.2) is 5.78 Å². The fourth-order valence-corrected chi connectivity index (χ4v) is 4.09. The molecular formula is C19H20Cl2NO+. The first-order chi connectivity index (χ1) is 11.0. The lowest BCUT2D eigenvalue weighted by Crippen LogP contribution is -2.91. The zero-order valence-corrected chi connectivity index (χ0v) is 14.7. The lowest BCUT2D eigenvalue weighted by atomic mass is 9.76. The maximum atomic E-state index is 12.8. The van der Waals surface area contributed by atoms with E-state index in [9.17, 15) is 4.79 Å². The summed E-state index contributed by atoms with van der Waals surface area (Å²) in [4.78, 5) is 12.8. The molecule has 0 spiro atoms. The number of carbonyl (C=O) groups is 1. The molecule has 1 saturated heterocycles. The molecular weight excluding hydrogens is 329 g/mol. The monoisotopic (exact) mass is 348 g/mol. The quantitative estimate of drug-likeness (QED) is 0.866. The summed E-state index contributed by atoms with van der Waals surface area (Å²) in [5, 5.41) is 3.67. The van der Waals surface area contributed by atoms with E-state index in [1.807, 2.05) is 62.4 Å². The zero-order chi connectivity index (χ0) is 16.6. The Morgan fingerprint density at radius 3 is 1.57 bits per heavy atom. The molecule has 120 valence electrons. The number of ketones is 1. The van der Waals surface area contributed by atoms with Crippen LogP contribution in [0.3, 0.4) is 0 Å². The molecule has 0 aromatic heterocycles. The Hall–Kier alpha value is -1.35. The highest BCUT2D eigenvalue weighted by atomic mass is 35.5. The second-order valence-corrected chi connectivity index (χ2v) is 7.08. The van der Waals surface area contributed by atoms with Gasteiger partial charge in [0.05, 0.1) is 11.8 Å². The van der Waals surface area contributed by atoms with Crippen LogP contribution in [0.25, 0.3) is 0 Å². The molecule has 4 atom stereocenters. The second-order valence-electron chi connectivity index (χ2n) is 6.27. The molecule has 2 aromatic carbocycles. The molecule has 0 saturated carbocycles. The van der Waals surface area contributed by atoms with Crippen LogP contribution in [-0.4, -0.2) is 5.78 Å². The van der Waals surface area contributed by atoms with Crippen molar-refractivity contribution in [3.8, 4) is 0 Å². The lowest BCUT2D eigenvalue weighted by Gasteiger charge is -2.36. The molecule has 1 aliphatic rings. The number of hydrogen-bond donors (Lipinski definition) is 1. The zero-order valence-electron chi connectivity index (χ0n) is 13.2. The van der Waals surface area contributed by atoms with E-state index in [4.69, 9.17) is 23.2 Å². The Morgan fingerprint density at radius 1 is 0.783 bits per heavy atom. The molecule has 1 aliphatic heterocycles. The fraction of sp³-hybridized carbons (Fsp3) is 0.316. The van der Waals surface area contributed by atoms with Crippen LogP contribution in [0.15, 0.2) is 48.5 Å². The number of piperidine rings is 1. The average molecular weight is 349 g/mol. The molecule has 1 fully saturated rings. The van der Waals surface area contributed by atoms with Gasteiger partial charge in [0.1, 0.15) is 12.1 Å². The summed E-state index contributed by atoms with van der Waals surface area (Å²) >= 11 is 12.7. The van der Waals surface area contributed by atoms with E-state index >= 15 is 0 Å². The van der Waals surface area contributed by atoms with Crippen LogP contribution < -0.4 is 5.32 Å². The van der Waals surface area contributed by atoms with Gasteiger partial charge < -0.3 is 5.32 Å². The summed E-state index contributed by atoms with van der Waals surface area (Å²) in [6.07, 6.45) is 0. The molecule has 2 N–H and O–H groups in total. The van der Waals surface area contributed by atoms with E-state index in [2.05, 4.69) is 5.32 Å².